The zero-order valence-electron chi connectivity index (χ0n) is 20.2. The number of aromatic amines is 1. The average Bonchev–Trinajstić information content (AvgIpc) is 2.77. The third-order valence-electron chi connectivity index (χ3n) is 6.56. The molecule has 1 fully saturated rings. The number of fused-ring (bicyclic) bond motifs is 1. The summed E-state index contributed by atoms with van der Waals surface area (Å²) in [5.41, 5.74) is 1.39. The summed E-state index contributed by atoms with van der Waals surface area (Å²) in [5.74, 6) is 0.543. The number of benzene rings is 2. The van der Waals surface area contributed by atoms with Crippen molar-refractivity contribution < 1.29 is 8.42 Å². The molecule has 0 spiro atoms. The number of rotatable bonds is 4. The number of hydrogen-bond acceptors (Lipinski definition) is 5. The van der Waals surface area contributed by atoms with Crippen molar-refractivity contribution in [2.75, 3.05) is 19.6 Å². The smallest absolute Gasteiger partial charge is 0.258 e. The van der Waals surface area contributed by atoms with E-state index in [4.69, 9.17) is 11.6 Å². The lowest BCUT2D eigenvalue weighted by Gasteiger charge is -2.41. The predicted octanol–water partition coefficient (Wildman–Crippen LogP) is 4.33. The van der Waals surface area contributed by atoms with E-state index in [2.05, 4.69) is 35.6 Å². The van der Waals surface area contributed by atoms with Crippen LogP contribution in [-0.4, -0.2) is 53.3 Å². The molecule has 1 N–H and O–H groups in total. The largest absolute Gasteiger partial charge is 0.309 e. The highest BCUT2D eigenvalue weighted by atomic mass is 35.5. The number of hydrogen-bond donors (Lipinski definition) is 1. The summed E-state index contributed by atoms with van der Waals surface area (Å²) in [6, 6.07) is 11.8. The fraction of sp³-hybridized carbons (Fsp3) is 0.440. The summed E-state index contributed by atoms with van der Waals surface area (Å²) < 4.78 is 28.3. The molecule has 3 aromatic rings. The minimum absolute atomic E-state index is 0.0412. The van der Waals surface area contributed by atoms with Gasteiger partial charge in [-0.2, -0.15) is 4.31 Å². The van der Waals surface area contributed by atoms with Crippen molar-refractivity contribution in [2.24, 2.45) is 0 Å². The Bertz CT molecular complexity index is 1360. The molecule has 0 aliphatic carbocycles. The fourth-order valence-electron chi connectivity index (χ4n) is 4.44. The minimum atomic E-state index is -3.61. The highest BCUT2D eigenvalue weighted by Crippen LogP contribution is 2.28. The van der Waals surface area contributed by atoms with E-state index in [0.29, 0.717) is 46.3 Å². The molecule has 1 aliphatic heterocycles. The van der Waals surface area contributed by atoms with Crippen LogP contribution in [-0.2, 0) is 15.4 Å². The van der Waals surface area contributed by atoms with E-state index >= 15 is 0 Å². The van der Waals surface area contributed by atoms with Gasteiger partial charge >= 0.3 is 0 Å². The average molecular weight is 503 g/mol. The molecule has 0 bridgehead atoms. The number of sulfonamides is 1. The molecule has 4 rings (SSSR count). The normalized spacial score (nSPS) is 19.4. The van der Waals surface area contributed by atoms with Crippen molar-refractivity contribution in [3.63, 3.8) is 0 Å². The first-order chi connectivity index (χ1) is 15.9. The van der Waals surface area contributed by atoms with Gasteiger partial charge in [-0.1, -0.05) is 44.5 Å². The Morgan fingerprint density at radius 3 is 2.41 bits per heavy atom. The number of piperazine rings is 1. The van der Waals surface area contributed by atoms with E-state index in [1.54, 1.807) is 34.6 Å². The van der Waals surface area contributed by atoms with Gasteiger partial charge in [0, 0.05) is 30.7 Å². The van der Waals surface area contributed by atoms with Crippen molar-refractivity contribution in [3.05, 3.63) is 69.2 Å². The molecule has 34 heavy (non-hydrogen) atoms. The quantitative estimate of drug-likeness (QED) is 0.573. The van der Waals surface area contributed by atoms with E-state index in [1.807, 2.05) is 26.0 Å². The lowest BCUT2D eigenvalue weighted by Crippen LogP contribution is -2.54. The van der Waals surface area contributed by atoms with Gasteiger partial charge < -0.3 is 4.98 Å². The van der Waals surface area contributed by atoms with Crippen LogP contribution in [0.25, 0.3) is 10.9 Å². The molecule has 0 saturated carbocycles. The second kappa shape index (κ2) is 9.07. The maximum atomic E-state index is 13.4. The molecule has 182 valence electrons. The van der Waals surface area contributed by atoms with E-state index in [1.165, 1.54) is 0 Å². The Hall–Kier alpha value is -2.26. The lowest BCUT2D eigenvalue weighted by molar-refractivity contribution is 0.106. The van der Waals surface area contributed by atoms with Gasteiger partial charge in [-0.15, -0.1) is 0 Å². The van der Waals surface area contributed by atoms with Crippen molar-refractivity contribution in [2.45, 2.75) is 57.0 Å². The molecule has 2 aromatic carbocycles. The first-order valence-electron chi connectivity index (χ1n) is 11.4. The highest BCUT2D eigenvalue weighted by Gasteiger charge is 2.36. The van der Waals surface area contributed by atoms with E-state index in [0.717, 1.165) is 5.56 Å². The Morgan fingerprint density at radius 1 is 1.12 bits per heavy atom. The van der Waals surface area contributed by atoms with Crippen molar-refractivity contribution in [1.29, 1.82) is 0 Å². The van der Waals surface area contributed by atoms with E-state index in [-0.39, 0.29) is 23.1 Å². The minimum Gasteiger partial charge on any atom is -0.309 e. The molecule has 2 atom stereocenters. The Morgan fingerprint density at radius 2 is 1.79 bits per heavy atom. The van der Waals surface area contributed by atoms with E-state index < -0.39 is 10.0 Å². The van der Waals surface area contributed by atoms with Crippen LogP contribution in [0, 0.1) is 0 Å². The lowest BCUT2D eigenvalue weighted by atomic mass is 9.87. The van der Waals surface area contributed by atoms with Crippen LogP contribution in [0.5, 0.6) is 0 Å². The Kier molecular flexibility index (Phi) is 6.63. The zero-order chi connectivity index (χ0) is 24.8. The molecule has 2 unspecified atom stereocenters. The molecule has 1 saturated heterocycles. The summed E-state index contributed by atoms with van der Waals surface area (Å²) in [5, 5.41) is 1.01. The topological polar surface area (TPSA) is 86.4 Å². The van der Waals surface area contributed by atoms with Gasteiger partial charge in [-0.25, -0.2) is 13.4 Å². The molecule has 9 heteroatoms. The van der Waals surface area contributed by atoms with Gasteiger partial charge in [0.25, 0.3) is 5.56 Å². The molecule has 1 aromatic heterocycles. The summed E-state index contributed by atoms with van der Waals surface area (Å²) >= 11 is 6.09. The highest BCUT2D eigenvalue weighted by molar-refractivity contribution is 7.89. The molecule has 7 nitrogen and oxygen atoms in total. The molecule has 1 aliphatic rings. The molecular weight excluding hydrogens is 472 g/mol. The van der Waals surface area contributed by atoms with Gasteiger partial charge in [0.05, 0.1) is 21.8 Å². The molecule has 2 heterocycles. The third kappa shape index (κ3) is 4.77. The van der Waals surface area contributed by atoms with Crippen molar-refractivity contribution >= 4 is 32.5 Å². The number of halogens is 1. The maximum absolute atomic E-state index is 13.4. The van der Waals surface area contributed by atoms with Crippen LogP contribution >= 0.6 is 11.6 Å². The Labute approximate surface area is 205 Å². The van der Waals surface area contributed by atoms with Crippen LogP contribution in [0.3, 0.4) is 0 Å². The van der Waals surface area contributed by atoms with Crippen LogP contribution in [0.4, 0.5) is 0 Å². The first kappa shape index (κ1) is 24.9. The second-order valence-electron chi connectivity index (χ2n) is 10.0. The SMILES string of the molecule is CC(c1nc2cc(Cl)ccc2c(=O)[nH]1)N1CCN(S(=O)(=O)c2ccc(C(C)(C)C)cc2)C(C)C1. The summed E-state index contributed by atoms with van der Waals surface area (Å²) in [6.45, 7) is 11.6. The maximum Gasteiger partial charge on any atom is 0.258 e. The Balaban J connectivity index is 1.53. The van der Waals surface area contributed by atoms with Crippen molar-refractivity contribution in [1.82, 2.24) is 19.2 Å². The van der Waals surface area contributed by atoms with E-state index in [9.17, 15) is 13.2 Å². The number of H-pyrrole nitrogens is 1. The van der Waals surface area contributed by atoms with Gasteiger partial charge in [0.15, 0.2) is 0 Å². The van der Waals surface area contributed by atoms with Crippen LogP contribution < -0.4 is 5.56 Å². The molecule has 0 radical (unpaired) electrons. The standard InChI is InChI=1S/C25H31ClN4O3S/c1-16-15-29(17(2)23-27-22-14-19(26)8-11-21(22)24(31)28-23)12-13-30(16)34(32,33)20-9-6-18(7-10-20)25(3,4)5/h6-11,14,16-17H,12-13,15H2,1-5H3,(H,27,28,31). The fourth-order valence-corrected chi connectivity index (χ4v) is 6.22. The van der Waals surface area contributed by atoms with Gasteiger partial charge in [-0.05, 0) is 55.2 Å². The summed E-state index contributed by atoms with van der Waals surface area (Å²) in [4.78, 5) is 22.5. The first-order valence-corrected chi connectivity index (χ1v) is 13.3. The van der Waals surface area contributed by atoms with Gasteiger partial charge in [-0.3, -0.25) is 9.69 Å². The number of aromatic nitrogens is 2. The predicted molar refractivity (Wildman–Crippen MR) is 136 cm³/mol. The number of nitrogens with one attached hydrogen (secondary N) is 1. The summed E-state index contributed by atoms with van der Waals surface area (Å²) in [7, 11) is -3.61. The van der Waals surface area contributed by atoms with Crippen molar-refractivity contribution in [3.8, 4) is 0 Å². The molecular formula is C25H31ClN4O3S. The monoisotopic (exact) mass is 502 g/mol. The summed E-state index contributed by atoms with van der Waals surface area (Å²) in [6.07, 6.45) is 0. The van der Waals surface area contributed by atoms with Crippen LogP contribution in [0.15, 0.2) is 52.2 Å². The van der Waals surface area contributed by atoms with Gasteiger partial charge in [0.1, 0.15) is 5.82 Å². The van der Waals surface area contributed by atoms with Gasteiger partial charge in [0.2, 0.25) is 10.0 Å². The second-order valence-corrected chi connectivity index (χ2v) is 12.3. The number of nitrogens with zero attached hydrogens (tertiary/aromatic N) is 3. The zero-order valence-corrected chi connectivity index (χ0v) is 21.7. The molecule has 0 amide bonds. The van der Waals surface area contributed by atoms with Crippen LogP contribution in [0.1, 0.15) is 52.0 Å². The van der Waals surface area contributed by atoms with Crippen LogP contribution in [0.2, 0.25) is 5.02 Å². The third-order valence-corrected chi connectivity index (χ3v) is 8.82.